The maximum Gasteiger partial charge on any atom is 0.275 e. The average molecular weight is 1910 g/mol. The van der Waals surface area contributed by atoms with Crippen molar-refractivity contribution < 1.29 is 127 Å². The fraction of sp³-hybridized carbons (Fsp3) is 0.293. The fourth-order valence-electron chi connectivity index (χ4n) is 14.2. The van der Waals surface area contributed by atoms with Crippen molar-refractivity contribution in [3.63, 3.8) is 0 Å². The molecule has 630 valence electrons. The van der Waals surface area contributed by atoms with Crippen LogP contribution in [0.15, 0.2) is 197 Å². The molecule has 118 heavy (non-hydrogen) atoms. The van der Waals surface area contributed by atoms with Gasteiger partial charge in [-0.3, -0.25) is 48.5 Å². The number of aromatic nitrogens is 3. The van der Waals surface area contributed by atoms with E-state index in [1.165, 1.54) is 82.5 Å². The first-order chi connectivity index (χ1) is 54.8. The number of ether oxygens (including phenoxy) is 3. The summed E-state index contributed by atoms with van der Waals surface area (Å²) >= 11 is 0. The molecular weight excluding hydrogens is 1820 g/mol. The Hall–Kier alpha value is -9.81. The van der Waals surface area contributed by atoms with Crippen LogP contribution >= 0.6 is 10.7 Å². The van der Waals surface area contributed by atoms with Gasteiger partial charge in [0.25, 0.3) is 17.7 Å². The average Bonchev–Trinajstić information content (AvgIpc) is 1.70. The molecule has 0 radical (unpaired) electrons. The summed E-state index contributed by atoms with van der Waals surface area (Å²) in [6.45, 7) is 2.48. The van der Waals surface area contributed by atoms with Crippen molar-refractivity contribution >= 4 is 74.9 Å². The zero-order valence-corrected chi connectivity index (χ0v) is 71.1. The molecule has 3 unspecified atom stereocenters. The minimum Gasteiger partial charge on any atom is -1.00 e. The summed E-state index contributed by atoms with van der Waals surface area (Å²) < 4.78 is 133. The molecule has 27 nitrogen and oxygen atoms in total. The Balaban J connectivity index is 0.000000213. The number of halogens is 5. The Labute approximate surface area is 715 Å². The molecule has 1 N–H and O–H groups in total. The van der Waals surface area contributed by atoms with Crippen LogP contribution in [0.1, 0.15) is 117 Å². The van der Waals surface area contributed by atoms with Gasteiger partial charge in [0.15, 0.2) is 51.7 Å². The number of hydrogen-bond acceptors (Lipinski definition) is 19. The maximum absolute atomic E-state index is 13.5. The maximum atomic E-state index is 13.5. The first-order valence-corrected chi connectivity index (χ1v) is 42.8. The van der Waals surface area contributed by atoms with E-state index < -0.39 is 81.1 Å². The Morgan fingerprint density at radius 1 is 0.424 bits per heavy atom. The van der Waals surface area contributed by atoms with Gasteiger partial charge in [0.05, 0.1) is 55.1 Å². The van der Waals surface area contributed by atoms with Crippen LogP contribution in [0, 0.1) is 24.9 Å². The van der Waals surface area contributed by atoms with E-state index in [2.05, 4.69) is 16.0 Å². The number of hydrogen-bond donors (Lipinski definition) is 1. The molecular formula is C82H84ClF3IN9O18PdS3-2. The monoisotopic (exact) mass is 1900 g/mol. The Morgan fingerprint density at radius 2 is 0.703 bits per heavy atom. The number of fused-ring (bicyclic) bond motifs is 6. The molecule has 3 atom stereocenters. The molecule has 9 aromatic rings. The molecule has 0 aliphatic carbocycles. The summed E-state index contributed by atoms with van der Waals surface area (Å²) in [7, 11) is -5.88. The van der Waals surface area contributed by atoms with Gasteiger partial charge in [-0.2, -0.15) is 8.61 Å². The number of nitrogens with one attached hydrogen (secondary N) is 1. The number of rotatable bonds is 23. The molecule has 3 amide bonds. The molecule has 0 saturated carbocycles. The van der Waals surface area contributed by atoms with Crippen molar-refractivity contribution in [2.24, 2.45) is 0 Å². The first kappa shape index (κ1) is 92.1. The summed E-state index contributed by atoms with van der Waals surface area (Å²) in [6, 6.07) is 44.9. The molecule has 3 fully saturated rings. The second-order valence-corrected chi connectivity index (χ2v) is 34.8. The van der Waals surface area contributed by atoms with Crippen LogP contribution in [-0.2, 0) is 108 Å². The number of aryl methyl sites for hydroxylation is 3. The zero-order valence-electron chi connectivity index (χ0n) is 64.1. The number of Topliss-reactive ketones (excluding diaryl/α,β-unsaturated/α-hetero) is 3. The van der Waals surface area contributed by atoms with Crippen molar-refractivity contribution in [2.45, 2.75) is 96.5 Å². The normalized spacial score (nSPS) is 16.4. The summed E-state index contributed by atoms with van der Waals surface area (Å²) in [5, 5.41) is 3.27. The van der Waals surface area contributed by atoms with Gasteiger partial charge in [0, 0.05) is 110 Å². The van der Waals surface area contributed by atoms with E-state index in [4.69, 9.17) is 14.2 Å². The fourth-order valence-corrected chi connectivity index (χ4v) is 16.3. The van der Waals surface area contributed by atoms with E-state index in [1.54, 1.807) is 45.9 Å². The van der Waals surface area contributed by atoms with Gasteiger partial charge in [0.2, 0.25) is 45.4 Å². The molecule has 6 aromatic carbocycles. The van der Waals surface area contributed by atoms with Crippen LogP contribution in [0.5, 0.6) is 17.2 Å². The van der Waals surface area contributed by atoms with E-state index >= 15 is 0 Å². The molecule has 9 heterocycles. The van der Waals surface area contributed by atoms with Gasteiger partial charge in [-0.05, 0) is 89.0 Å². The quantitative estimate of drug-likeness (QED) is 0.0270. The number of pyridine rings is 3. The third-order valence-electron chi connectivity index (χ3n) is 19.9. The molecule has 0 spiro atoms. The second kappa shape index (κ2) is 39.8. The number of carbonyl (C=O) groups is 6. The van der Waals surface area contributed by atoms with Gasteiger partial charge in [-0.15, -0.1) is 0 Å². The van der Waals surface area contributed by atoms with Crippen molar-refractivity contribution in [2.75, 3.05) is 58.0 Å². The first-order valence-electron chi connectivity index (χ1n) is 36.4. The third-order valence-corrected chi connectivity index (χ3v) is 22.5. The van der Waals surface area contributed by atoms with Crippen molar-refractivity contribution in [1.82, 2.24) is 42.3 Å². The molecule has 3 aromatic heterocycles. The predicted molar refractivity (Wildman–Crippen MR) is 426 cm³/mol. The van der Waals surface area contributed by atoms with Crippen LogP contribution in [0.2, 0.25) is 0 Å². The van der Waals surface area contributed by atoms with Crippen molar-refractivity contribution in [3.8, 4) is 17.2 Å². The predicted octanol–water partition coefficient (Wildman–Crippen LogP) is 5.53. The van der Waals surface area contributed by atoms with Gasteiger partial charge < -0.3 is 74.0 Å². The second-order valence-electron chi connectivity index (χ2n) is 27.9. The molecule has 6 aliphatic heterocycles. The minimum absolute atomic E-state index is 0. The summed E-state index contributed by atoms with van der Waals surface area (Å²) in [5.74, 6) is -4.28. The summed E-state index contributed by atoms with van der Waals surface area (Å²) in [4.78, 5) is 125. The molecule has 3 saturated heterocycles. The van der Waals surface area contributed by atoms with E-state index in [-0.39, 0.29) is 231 Å². The summed E-state index contributed by atoms with van der Waals surface area (Å²) in [6.07, 6.45) is 6.51. The van der Waals surface area contributed by atoms with Crippen molar-refractivity contribution in [3.05, 3.63) is 305 Å². The largest absolute Gasteiger partial charge is 1.00 e. The van der Waals surface area contributed by atoms with E-state index in [1.807, 2.05) is 91.0 Å². The van der Waals surface area contributed by atoms with E-state index in [0.29, 0.717) is 26.1 Å². The molecule has 36 heteroatoms. The van der Waals surface area contributed by atoms with Crippen LogP contribution in [0.4, 0.5) is 13.2 Å². The summed E-state index contributed by atoms with van der Waals surface area (Å²) in [5.41, 5.74) is 2.55. The third kappa shape index (κ3) is 22.2. The van der Waals surface area contributed by atoms with Crippen LogP contribution in [-0.4, -0.2) is 174 Å². The minimum atomic E-state index is -3.59. The topological polar surface area (TPSA) is 327 Å². The Kier molecular flexibility index (Phi) is 31.1. The standard InChI is InChI=1S/2C27H26FN3O6S.C26H24FN3O4.CH3ClO2S.CH3.HI.Pd.H2/c2*1-38(35,36)31-14-13-30-23(31)16-29-15-21(22(32)12-9-18-7-10-20(28)11-8-18)25(33)26(24(29)27(30)34)37-17-19-5-3-2-4-6-19;27-19-9-6-17(7-10-19)8-11-21(31)20-14-29-15-22-28-12-13-30(22)26(33)23(29)25(24(20)32)34-16-18-4-2-1-3-5-18;1-5(2,3)4;;;;/h2*2-8,10-11,15,23H,9,12-14,16-17H2,1H3;1-7,9-10,14,22,28H,8,11-13,15-16H2;1H3;1H3;1H;;1H/q;;;;-1;;;/p-1. The SMILES string of the molecule is CS(=O)(=O)Cl.CS(=O)(=O)N1CCN2C(=O)c3c(OCc4ccccc4)c(=O)c(C(=O)CCc4ccc(F)cc4)cn3CC21.CS(=O)(=O)N1CCN2C(=O)c3c(OCc4ccccc4)c(=O)c(C(=O)CCc4ccc(F)cc4)cn3CC21.O=C(CCc1ccc(F)cc1)c1cn2c(c(OCc3ccccc3)c1=O)C(=O)N1CCNC1C2.[CH3-].[HH].[I-].[Pd]. The molecule has 6 aliphatic rings. The Bertz CT molecular complexity index is 5540. The number of benzene rings is 6. The number of sulfonamides is 2. The van der Waals surface area contributed by atoms with E-state index in [9.17, 15) is 81.6 Å². The van der Waals surface area contributed by atoms with Crippen molar-refractivity contribution in [1.29, 1.82) is 0 Å². The van der Waals surface area contributed by atoms with Crippen LogP contribution < -0.4 is 59.8 Å². The number of nitrogens with zero attached hydrogens (tertiary/aromatic N) is 8. The van der Waals surface area contributed by atoms with Gasteiger partial charge in [-0.25, -0.2) is 38.4 Å². The molecule has 0 bridgehead atoms. The zero-order chi connectivity index (χ0) is 82.2. The molecule has 15 rings (SSSR count). The number of amides is 3. The number of carbonyl (C=O) groups excluding carboxylic acids is 6. The smallest absolute Gasteiger partial charge is 0.275 e. The Morgan fingerprint density at radius 3 is 0.992 bits per heavy atom. The van der Waals surface area contributed by atoms with Gasteiger partial charge in [0.1, 0.15) is 55.8 Å². The van der Waals surface area contributed by atoms with Crippen LogP contribution in [0.25, 0.3) is 0 Å². The van der Waals surface area contributed by atoms with Gasteiger partial charge >= 0.3 is 0 Å². The van der Waals surface area contributed by atoms with Crippen LogP contribution in [0.3, 0.4) is 0 Å². The number of ketones is 3. The van der Waals surface area contributed by atoms with Gasteiger partial charge in [-0.1, -0.05) is 127 Å². The van der Waals surface area contributed by atoms with E-state index in [0.717, 1.165) is 52.1 Å².